The number of aliphatic hydroxyl groups is 2. The van der Waals surface area contributed by atoms with Gasteiger partial charge >= 0.3 is 0 Å². The molecule has 174 valence electrons. The largest absolute Gasteiger partial charge is 0.493 e. The highest BCUT2D eigenvalue weighted by Gasteiger charge is 2.49. The Balaban J connectivity index is 1.77. The van der Waals surface area contributed by atoms with Crippen LogP contribution in [-0.4, -0.2) is 41.9 Å². The summed E-state index contributed by atoms with van der Waals surface area (Å²) >= 11 is 6.34. The Morgan fingerprint density at radius 1 is 0.906 bits per heavy atom. The van der Waals surface area contributed by atoms with Crippen molar-refractivity contribution in [1.82, 2.24) is 21.7 Å². The van der Waals surface area contributed by atoms with Gasteiger partial charge in [0.1, 0.15) is 19.1 Å². The summed E-state index contributed by atoms with van der Waals surface area (Å²) in [6.45, 7) is 4.29. The molecule has 0 aliphatic carbocycles. The second kappa shape index (κ2) is 9.93. The zero-order chi connectivity index (χ0) is 22.8. The van der Waals surface area contributed by atoms with Gasteiger partial charge < -0.3 is 19.7 Å². The molecule has 0 saturated carbocycles. The molecule has 0 aromatic heterocycles. The second-order valence-corrected chi connectivity index (χ2v) is 8.89. The van der Waals surface area contributed by atoms with Crippen molar-refractivity contribution in [2.75, 3.05) is 7.11 Å². The highest BCUT2D eigenvalue weighted by Crippen LogP contribution is 2.47. The molecule has 6 unspecified atom stereocenters. The highest BCUT2D eigenvalue weighted by atomic mass is 35.5. The fourth-order valence-electron chi connectivity index (χ4n) is 4.93. The third kappa shape index (κ3) is 4.45. The maximum atomic E-state index is 10.8. The van der Waals surface area contributed by atoms with Crippen molar-refractivity contribution in [3.63, 3.8) is 0 Å². The van der Waals surface area contributed by atoms with Crippen LogP contribution in [0.3, 0.4) is 0 Å². The maximum Gasteiger partial charge on any atom is 0.165 e. The summed E-state index contributed by atoms with van der Waals surface area (Å²) in [4.78, 5) is 0. The number of para-hydroxylation sites is 1. The molecule has 0 radical (unpaired) electrons. The van der Waals surface area contributed by atoms with Gasteiger partial charge in [-0.2, -0.15) is 0 Å². The van der Waals surface area contributed by atoms with Crippen molar-refractivity contribution < 1.29 is 19.7 Å². The number of hydrazine groups is 2. The van der Waals surface area contributed by atoms with E-state index in [9.17, 15) is 10.2 Å². The normalized spacial score (nSPS) is 30.9. The zero-order valence-corrected chi connectivity index (χ0v) is 19.1. The van der Waals surface area contributed by atoms with Crippen LogP contribution in [0.25, 0.3) is 0 Å². The van der Waals surface area contributed by atoms with E-state index in [0.29, 0.717) is 16.5 Å². The molecule has 2 saturated heterocycles. The Bertz CT molecular complexity index is 889. The predicted octanol–water partition coefficient (Wildman–Crippen LogP) is 1.87. The Hall–Kier alpha value is -1.91. The first-order valence-corrected chi connectivity index (χ1v) is 11.2. The zero-order valence-electron chi connectivity index (χ0n) is 18.4. The first-order valence-electron chi connectivity index (χ1n) is 10.8. The van der Waals surface area contributed by atoms with Gasteiger partial charge in [-0.1, -0.05) is 41.9 Å². The minimum atomic E-state index is -0.794. The van der Waals surface area contributed by atoms with Gasteiger partial charge in [-0.05, 0) is 26.0 Å². The van der Waals surface area contributed by atoms with E-state index < -0.39 is 12.5 Å². The number of hydrogen-bond acceptors (Lipinski definition) is 8. The van der Waals surface area contributed by atoms with E-state index in [2.05, 4.69) is 21.7 Å². The molecule has 2 aromatic carbocycles. The fraction of sp³-hybridized carbons (Fsp3) is 0.478. The number of methoxy groups -OCH3 is 1. The van der Waals surface area contributed by atoms with Crippen molar-refractivity contribution in [3.8, 4) is 11.5 Å². The summed E-state index contributed by atoms with van der Waals surface area (Å²) in [6, 6.07) is 13.2. The molecule has 6 N–H and O–H groups in total. The summed E-state index contributed by atoms with van der Waals surface area (Å²) in [5.41, 5.74) is 13.8. The van der Waals surface area contributed by atoms with Crippen LogP contribution in [0.5, 0.6) is 11.5 Å². The Morgan fingerprint density at radius 3 is 2.06 bits per heavy atom. The Labute approximate surface area is 193 Å². The molecule has 9 heteroatoms. The topological polar surface area (TPSA) is 107 Å². The van der Waals surface area contributed by atoms with E-state index in [1.165, 1.54) is 0 Å². The van der Waals surface area contributed by atoms with E-state index >= 15 is 0 Å². The van der Waals surface area contributed by atoms with Crippen molar-refractivity contribution in [3.05, 3.63) is 58.6 Å². The van der Waals surface area contributed by atoms with Gasteiger partial charge in [0, 0.05) is 46.0 Å². The lowest BCUT2D eigenvalue weighted by atomic mass is 9.71. The van der Waals surface area contributed by atoms with Gasteiger partial charge in [0.25, 0.3) is 0 Å². The lowest BCUT2D eigenvalue weighted by molar-refractivity contribution is 0.0387. The minimum absolute atomic E-state index is 0.0439. The molecular weight excluding hydrogens is 432 g/mol. The van der Waals surface area contributed by atoms with E-state index in [0.717, 1.165) is 11.1 Å². The molecule has 2 aliphatic rings. The summed E-state index contributed by atoms with van der Waals surface area (Å²) in [7, 11) is 1.60. The van der Waals surface area contributed by atoms with E-state index in [-0.39, 0.29) is 36.4 Å². The van der Waals surface area contributed by atoms with Crippen molar-refractivity contribution in [2.24, 2.45) is 11.8 Å². The third-order valence-corrected chi connectivity index (χ3v) is 6.92. The van der Waals surface area contributed by atoms with E-state index in [1.807, 2.05) is 56.3 Å². The van der Waals surface area contributed by atoms with Crippen LogP contribution in [0, 0.1) is 11.8 Å². The summed E-state index contributed by atoms with van der Waals surface area (Å²) < 4.78 is 12.0. The first-order chi connectivity index (χ1) is 15.4. The molecule has 32 heavy (non-hydrogen) atoms. The molecule has 2 aliphatic heterocycles. The lowest BCUT2D eigenvalue weighted by Crippen LogP contribution is -2.41. The van der Waals surface area contributed by atoms with Gasteiger partial charge in [0.2, 0.25) is 0 Å². The van der Waals surface area contributed by atoms with Gasteiger partial charge in [0.15, 0.2) is 11.5 Å². The summed E-state index contributed by atoms with van der Waals surface area (Å²) in [5, 5.41) is 22.2. The van der Waals surface area contributed by atoms with E-state index in [4.69, 9.17) is 21.1 Å². The SMILES string of the molecule is COc1cccc(C(C2C(C)NNC2O)C2C(C)NNC2O)c1OCc1ccccc1Cl. The molecule has 0 amide bonds. The van der Waals surface area contributed by atoms with Crippen LogP contribution >= 0.6 is 11.6 Å². The van der Waals surface area contributed by atoms with E-state index in [1.54, 1.807) is 7.11 Å². The predicted molar refractivity (Wildman–Crippen MR) is 122 cm³/mol. The average Bonchev–Trinajstić information content (AvgIpc) is 3.30. The first kappa shape index (κ1) is 23.3. The monoisotopic (exact) mass is 462 g/mol. The highest BCUT2D eigenvalue weighted by molar-refractivity contribution is 6.31. The van der Waals surface area contributed by atoms with Gasteiger partial charge in [-0.25, -0.2) is 10.9 Å². The molecule has 8 nitrogen and oxygen atoms in total. The van der Waals surface area contributed by atoms with Gasteiger partial charge in [-0.3, -0.25) is 10.9 Å². The summed E-state index contributed by atoms with van der Waals surface area (Å²) in [5.74, 6) is 0.452. The fourth-order valence-corrected chi connectivity index (χ4v) is 5.12. The minimum Gasteiger partial charge on any atom is -0.493 e. The lowest BCUT2D eigenvalue weighted by Gasteiger charge is -2.36. The van der Waals surface area contributed by atoms with Crippen LogP contribution in [0.15, 0.2) is 42.5 Å². The molecule has 2 heterocycles. The number of aliphatic hydroxyl groups excluding tert-OH is 2. The number of ether oxygens (including phenoxy) is 2. The van der Waals surface area contributed by atoms with Gasteiger partial charge in [0.05, 0.1) is 7.11 Å². The Morgan fingerprint density at radius 2 is 1.53 bits per heavy atom. The quantitative estimate of drug-likeness (QED) is 0.370. The number of rotatable bonds is 7. The number of benzene rings is 2. The standard InChI is InChI=1S/C23H31ClN4O4/c1-12-18(22(29)27-25-12)20(19-13(2)26-28-23(19)30)15-8-6-10-17(31-3)21(15)32-11-14-7-4-5-9-16(14)24/h4-10,12-13,18-20,22-23,25-30H,11H2,1-3H3. The smallest absolute Gasteiger partial charge is 0.165 e. The van der Waals surface area contributed by atoms with Crippen LogP contribution in [0.2, 0.25) is 5.02 Å². The second-order valence-electron chi connectivity index (χ2n) is 8.48. The molecular formula is C23H31ClN4O4. The van der Waals surface area contributed by atoms with Crippen molar-refractivity contribution in [2.45, 2.75) is 50.9 Å². The number of nitrogens with one attached hydrogen (secondary N) is 4. The average molecular weight is 463 g/mol. The number of hydrogen-bond donors (Lipinski definition) is 6. The molecule has 0 spiro atoms. The molecule has 6 atom stereocenters. The molecule has 4 rings (SSSR count). The molecule has 0 bridgehead atoms. The van der Waals surface area contributed by atoms with Crippen LogP contribution in [0.1, 0.15) is 30.9 Å². The summed E-state index contributed by atoms with van der Waals surface area (Å²) in [6.07, 6.45) is -1.59. The molecule has 2 fully saturated rings. The van der Waals surface area contributed by atoms with Gasteiger partial charge in [-0.15, -0.1) is 0 Å². The van der Waals surface area contributed by atoms with Crippen molar-refractivity contribution >= 4 is 11.6 Å². The maximum absolute atomic E-state index is 10.8. The van der Waals surface area contributed by atoms with Crippen LogP contribution in [0.4, 0.5) is 0 Å². The number of halogens is 1. The third-order valence-electron chi connectivity index (χ3n) is 6.55. The van der Waals surface area contributed by atoms with Crippen LogP contribution < -0.4 is 31.2 Å². The van der Waals surface area contributed by atoms with Crippen molar-refractivity contribution in [1.29, 1.82) is 0 Å². The van der Waals surface area contributed by atoms with Crippen LogP contribution in [-0.2, 0) is 6.61 Å². The Kier molecular flexibility index (Phi) is 7.21. The molecule has 2 aromatic rings.